The molecule has 0 bridgehead atoms. The van der Waals surface area contributed by atoms with Gasteiger partial charge < -0.3 is 9.84 Å². The molecule has 0 aromatic heterocycles. The van der Waals surface area contributed by atoms with Crippen LogP contribution in [0.4, 0.5) is 17.6 Å². The summed E-state index contributed by atoms with van der Waals surface area (Å²) in [7, 11) is 0. The lowest BCUT2D eigenvalue weighted by Gasteiger charge is -2.09. The summed E-state index contributed by atoms with van der Waals surface area (Å²) >= 11 is 0. The van der Waals surface area contributed by atoms with Crippen molar-refractivity contribution in [3.8, 4) is 17.6 Å². The Hall–Kier alpha value is -1.74. The van der Waals surface area contributed by atoms with E-state index >= 15 is 0 Å². The number of alkyl halides is 3. The Kier molecular flexibility index (Phi) is 4.98. The van der Waals surface area contributed by atoms with Gasteiger partial charge in [-0.2, -0.15) is 13.2 Å². The molecule has 0 heterocycles. The number of aliphatic hydroxyl groups is 1. The van der Waals surface area contributed by atoms with Gasteiger partial charge in [0.25, 0.3) is 0 Å². The van der Waals surface area contributed by atoms with Gasteiger partial charge in [0.15, 0.2) is 18.2 Å². The highest BCUT2D eigenvalue weighted by atomic mass is 19.4. The lowest BCUT2D eigenvalue weighted by Crippen LogP contribution is -2.19. The van der Waals surface area contributed by atoms with Gasteiger partial charge in [0.05, 0.1) is 6.61 Å². The maximum atomic E-state index is 13.2. The number of benzene rings is 1. The quantitative estimate of drug-likeness (QED) is 0.670. The van der Waals surface area contributed by atoms with Crippen molar-refractivity contribution < 1.29 is 27.4 Å². The predicted octanol–water partition coefficient (Wildman–Crippen LogP) is 2.50. The minimum atomic E-state index is -4.52. The molecule has 0 spiro atoms. The largest absolute Gasteiger partial charge is 0.481 e. The van der Waals surface area contributed by atoms with Crippen LogP contribution < -0.4 is 4.74 Å². The number of rotatable bonds is 3. The van der Waals surface area contributed by atoms with Gasteiger partial charge in [-0.05, 0) is 18.2 Å². The first-order chi connectivity index (χ1) is 8.42. The van der Waals surface area contributed by atoms with Crippen LogP contribution in [0.25, 0.3) is 0 Å². The maximum absolute atomic E-state index is 13.2. The molecule has 6 heteroatoms. The first kappa shape index (κ1) is 14.3. The SMILES string of the molecule is OCCC#Cc1ccc(F)c(OCC(F)(F)F)c1. The fourth-order valence-corrected chi connectivity index (χ4v) is 1.07. The Labute approximate surface area is 101 Å². The molecule has 0 aliphatic heterocycles. The monoisotopic (exact) mass is 262 g/mol. The Balaban J connectivity index is 2.79. The van der Waals surface area contributed by atoms with Crippen LogP contribution in [0.3, 0.4) is 0 Å². The molecule has 0 fully saturated rings. The standard InChI is InChI=1S/C12H10F4O2/c13-10-5-4-9(3-1-2-6-17)7-11(10)18-8-12(14,15)16/h4-5,7,17H,2,6,8H2. The van der Waals surface area contributed by atoms with Crippen LogP contribution in [0.5, 0.6) is 5.75 Å². The van der Waals surface area contributed by atoms with E-state index in [2.05, 4.69) is 16.6 Å². The summed E-state index contributed by atoms with van der Waals surface area (Å²) in [6, 6.07) is 3.39. The van der Waals surface area contributed by atoms with Crippen molar-refractivity contribution in [2.75, 3.05) is 13.2 Å². The van der Waals surface area contributed by atoms with E-state index in [-0.39, 0.29) is 13.0 Å². The molecule has 1 aromatic rings. The zero-order valence-electron chi connectivity index (χ0n) is 9.22. The molecule has 0 saturated carbocycles. The van der Waals surface area contributed by atoms with Gasteiger partial charge in [-0.3, -0.25) is 0 Å². The van der Waals surface area contributed by atoms with E-state index in [4.69, 9.17) is 5.11 Å². The van der Waals surface area contributed by atoms with E-state index in [0.717, 1.165) is 12.1 Å². The van der Waals surface area contributed by atoms with Gasteiger partial charge >= 0.3 is 6.18 Å². The number of hydrogen-bond donors (Lipinski definition) is 1. The fourth-order valence-electron chi connectivity index (χ4n) is 1.07. The minimum Gasteiger partial charge on any atom is -0.481 e. The number of aliphatic hydroxyl groups excluding tert-OH is 1. The topological polar surface area (TPSA) is 29.5 Å². The lowest BCUT2D eigenvalue weighted by atomic mass is 10.2. The van der Waals surface area contributed by atoms with Gasteiger partial charge in [-0.25, -0.2) is 4.39 Å². The summed E-state index contributed by atoms with van der Waals surface area (Å²) < 4.78 is 53.2. The summed E-state index contributed by atoms with van der Waals surface area (Å²) in [5, 5.41) is 8.50. The Bertz CT molecular complexity index is 457. The molecule has 0 unspecified atom stereocenters. The average Bonchev–Trinajstić information content (AvgIpc) is 2.29. The molecule has 98 valence electrons. The third-order valence-electron chi connectivity index (χ3n) is 1.79. The van der Waals surface area contributed by atoms with E-state index in [1.54, 1.807) is 0 Å². The molecule has 1 rings (SSSR count). The summed E-state index contributed by atoms with van der Waals surface area (Å²) in [4.78, 5) is 0. The fraction of sp³-hybridized carbons (Fsp3) is 0.333. The summed E-state index contributed by atoms with van der Waals surface area (Å²) in [6.45, 7) is -1.68. The first-order valence-electron chi connectivity index (χ1n) is 5.01. The molecule has 1 aromatic carbocycles. The second-order valence-electron chi connectivity index (χ2n) is 3.32. The highest BCUT2D eigenvalue weighted by molar-refractivity contribution is 5.40. The third-order valence-corrected chi connectivity index (χ3v) is 1.79. The third kappa shape index (κ3) is 5.06. The highest BCUT2D eigenvalue weighted by Gasteiger charge is 2.28. The van der Waals surface area contributed by atoms with Gasteiger partial charge in [0, 0.05) is 12.0 Å². The Morgan fingerprint density at radius 2 is 2.00 bits per heavy atom. The van der Waals surface area contributed by atoms with Gasteiger partial charge in [0.1, 0.15) is 0 Å². The van der Waals surface area contributed by atoms with Crippen molar-refractivity contribution in [3.05, 3.63) is 29.6 Å². The molecule has 18 heavy (non-hydrogen) atoms. The van der Waals surface area contributed by atoms with Crippen LogP contribution in [0.2, 0.25) is 0 Å². The molecule has 0 radical (unpaired) electrons. The van der Waals surface area contributed by atoms with Crippen molar-refractivity contribution in [3.63, 3.8) is 0 Å². The summed E-state index contributed by atoms with van der Waals surface area (Å²) in [6.07, 6.45) is -4.29. The van der Waals surface area contributed by atoms with Crippen LogP contribution in [-0.2, 0) is 0 Å². The molecule has 0 aliphatic rings. The van der Waals surface area contributed by atoms with Gasteiger partial charge in [-0.1, -0.05) is 11.8 Å². The summed E-state index contributed by atoms with van der Waals surface area (Å²) in [5.74, 6) is 3.76. The molecule has 2 nitrogen and oxygen atoms in total. The van der Waals surface area contributed by atoms with E-state index < -0.39 is 24.3 Å². The first-order valence-corrected chi connectivity index (χ1v) is 5.01. The van der Waals surface area contributed by atoms with Gasteiger partial charge in [0.2, 0.25) is 0 Å². The molecular weight excluding hydrogens is 252 g/mol. The van der Waals surface area contributed by atoms with E-state index in [0.29, 0.717) is 5.56 Å². The lowest BCUT2D eigenvalue weighted by molar-refractivity contribution is -0.153. The van der Waals surface area contributed by atoms with Crippen LogP contribution in [0, 0.1) is 17.7 Å². The Morgan fingerprint density at radius 1 is 1.28 bits per heavy atom. The zero-order chi connectivity index (χ0) is 13.6. The number of hydrogen-bond acceptors (Lipinski definition) is 2. The van der Waals surface area contributed by atoms with Crippen molar-refractivity contribution >= 4 is 0 Å². The van der Waals surface area contributed by atoms with Crippen LogP contribution in [-0.4, -0.2) is 24.5 Å². The van der Waals surface area contributed by atoms with E-state index in [1.807, 2.05) is 0 Å². The van der Waals surface area contributed by atoms with Gasteiger partial charge in [-0.15, -0.1) is 0 Å². The Morgan fingerprint density at radius 3 is 2.61 bits per heavy atom. The number of halogens is 4. The van der Waals surface area contributed by atoms with Crippen molar-refractivity contribution in [1.82, 2.24) is 0 Å². The molecule has 0 amide bonds. The zero-order valence-corrected chi connectivity index (χ0v) is 9.22. The minimum absolute atomic E-state index is 0.119. The smallest absolute Gasteiger partial charge is 0.422 e. The molecule has 0 atom stereocenters. The average molecular weight is 262 g/mol. The van der Waals surface area contributed by atoms with E-state index in [9.17, 15) is 17.6 Å². The van der Waals surface area contributed by atoms with Crippen molar-refractivity contribution in [2.45, 2.75) is 12.6 Å². The molecule has 0 aliphatic carbocycles. The van der Waals surface area contributed by atoms with Crippen LogP contribution in [0.15, 0.2) is 18.2 Å². The van der Waals surface area contributed by atoms with Crippen LogP contribution in [0.1, 0.15) is 12.0 Å². The van der Waals surface area contributed by atoms with E-state index in [1.165, 1.54) is 6.07 Å². The highest BCUT2D eigenvalue weighted by Crippen LogP contribution is 2.22. The summed E-state index contributed by atoms with van der Waals surface area (Å²) in [5.41, 5.74) is 0.321. The van der Waals surface area contributed by atoms with Crippen LogP contribution >= 0.6 is 0 Å². The second-order valence-corrected chi connectivity index (χ2v) is 3.32. The second kappa shape index (κ2) is 6.26. The number of ether oxygens (including phenoxy) is 1. The molecule has 1 N–H and O–H groups in total. The maximum Gasteiger partial charge on any atom is 0.422 e. The van der Waals surface area contributed by atoms with Crippen molar-refractivity contribution in [2.24, 2.45) is 0 Å². The molecular formula is C12H10F4O2. The van der Waals surface area contributed by atoms with Crippen molar-refractivity contribution in [1.29, 1.82) is 0 Å². The molecule has 0 saturated heterocycles. The normalized spacial score (nSPS) is 10.7. The predicted molar refractivity (Wildman–Crippen MR) is 56.5 cm³/mol.